The molecule has 0 aromatic carbocycles. The molecule has 28 heavy (non-hydrogen) atoms. The molecule has 0 radical (unpaired) electrons. The highest BCUT2D eigenvalue weighted by molar-refractivity contribution is 7.99. The van der Waals surface area contributed by atoms with Crippen LogP contribution in [0.25, 0.3) is 0 Å². The lowest BCUT2D eigenvalue weighted by Crippen LogP contribution is -2.42. The monoisotopic (exact) mass is 415 g/mol. The van der Waals surface area contributed by atoms with Crippen LogP contribution in [0.5, 0.6) is 0 Å². The van der Waals surface area contributed by atoms with E-state index in [2.05, 4.69) is 22.2 Å². The van der Waals surface area contributed by atoms with E-state index in [0.717, 1.165) is 24.8 Å². The zero-order valence-corrected chi connectivity index (χ0v) is 17.3. The van der Waals surface area contributed by atoms with Crippen LogP contribution in [0, 0.1) is 19.8 Å². The summed E-state index contributed by atoms with van der Waals surface area (Å²) in [4.78, 5) is 32.1. The van der Waals surface area contributed by atoms with Gasteiger partial charge in [0.2, 0.25) is 0 Å². The van der Waals surface area contributed by atoms with Crippen LogP contribution in [0.1, 0.15) is 56.0 Å². The normalized spacial score (nSPS) is 19.5. The topological polar surface area (TPSA) is 81.2 Å². The predicted octanol–water partition coefficient (Wildman–Crippen LogP) is 3.58. The number of nitrogens with zero attached hydrogens (tertiary/aromatic N) is 2. The van der Waals surface area contributed by atoms with Crippen molar-refractivity contribution >= 4 is 23.6 Å². The Kier molecular flexibility index (Phi) is 8.59. The number of rotatable bonds is 8. The largest absolute Gasteiger partial charge is 0.456 e. The Balaban J connectivity index is 1.78. The lowest BCUT2D eigenvalue weighted by Gasteiger charge is -2.29. The fraction of sp³-hybridized carbons (Fsp3) is 0.684. The average molecular weight is 416 g/mol. The Morgan fingerprint density at radius 1 is 1.21 bits per heavy atom. The molecule has 0 bridgehead atoms. The Morgan fingerprint density at radius 2 is 1.86 bits per heavy atom. The molecule has 1 heterocycles. The van der Waals surface area contributed by atoms with Crippen LogP contribution in [0.3, 0.4) is 0 Å². The lowest BCUT2D eigenvalue weighted by molar-refractivity contribution is -0.148. The summed E-state index contributed by atoms with van der Waals surface area (Å²) in [5.41, 5.74) is 1.86. The van der Waals surface area contributed by atoms with Crippen molar-refractivity contribution in [1.29, 1.82) is 0 Å². The molecule has 9 heteroatoms. The van der Waals surface area contributed by atoms with Crippen molar-refractivity contribution in [3.8, 4) is 0 Å². The fourth-order valence-electron chi connectivity index (χ4n) is 3.43. The number of esters is 1. The SMILES string of the molecule is Cc1nc(SC(F)F)nc(C)c1CCC(=O)OCC(=O)N[C@@H]1CCCC[C@@H]1C. The van der Waals surface area contributed by atoms with E-state index in [-0.39, 0.29) is 30.1 Å². The molecule has 1 aromatic rings. The summed E-state index contributed by atoms with van der Waals surface area (Å²) in [6.07, 6.45) is 4.74. The van der Waals surface area contributed by atoms with Gasteiger partial charge < -0.3 is 10.1 Å². The second-order valence-corrected chi connectivity index (χ2v) is 8.09. The predicted molar refractivity (Wildman–Crippen MR) is 102 cm³/mol. The fourth-order valence-corrected chi connectivity index (χ4v) is 3.97. The standard InChI is InChI=1S/C19H27F2N3O3S/c1-11-6-4-5-7-15(11)24-16(25)10-27-17(26)9-8-14-12(2)22-19(23-13(14)3)28-18(20)21/h11,15,18H,4-10H2,1-3H3,(H,24,25)/t11-,15+/m0/s1. The van der Waals surface area contributed by atoms with E-state index in [9.17, 15) is 18.4 Å². The molecule has 0 unspecified atom stereocenters. The first-order valence-electron chi connectivity index (χ1n) is 9.50. The molecule has 0 aliphatic heterocycles. The van der Waals surface area contributed by atoms with E-state index < -0.39 is 11.7 Å². The number of aryl methyl sites for hydroxylation is 2. The van der Waals surface area contributed by atoms with E-state index in [1.165, 1.54) is 6.42 Å². The summed E-state index contributed by atoms with van der Waals surface area (Å²) in [5, 5.41) is 2.96. The quantitative estimate of drug-likeness (QED) is 0.397. The van der Waals surface area contributed by atoms with Gasteiger partial charge in [-0.3, -0.25) is 9.59 Å². The number of thioether (sulfide) groups is 1. The van der Waals surface area contributed by atoms with Crippen molar-refractivity contribution in [3.63, 3.8) is 0 Å². The number of carbonyl (C=O) groups excluding carboxylic acids is 2. The van der Waals surface area contributed by atoms with Crippen molar-refractivity contribution in [1.82, 2.24) is 15.3 Å². The minimum atomic E-state index is -2.58. The van der Waals surface area contributed by atoms with Crippen molar-refractivity contribution in [3.05, 3.63) is 17.0 Å². The summed E-state index contributed by atoms with van der Waals surface area (Å²) < 4.78 is 30.0. The van der Waals surface area contributed by atoms with Crippen molar-refractivity contribution in [2.45, 2.75) is 76.3 Å². The van der Waals surface area contributed by atoms with E-state index in [0.29, 0.717) is 35.5 Å². The number of hydrogen-bond donors (Lipinski definition) is 1. The van der Waals surface area contributed by atoms with Crippen LogP contribution in [0.2, 0.25) is 0 Å². The first-order chi connectivity index (χ1) is 13.3. The molecule has 1 saturated carbocycles. The van der Waals surface area contributed by atoms with Gasteiger partial charge in [-0.25, -0.2) is 9.97 Å². The van der Waals surface area contributed by atoms with Crippen LogP contribution < -0.4 is 5.32 Å². The van der Waals surface area contributed by atoms with E-state index in [4.69, 9.17) is 4.74 Å². The lowest BCUT2D eigenvalue weighted by atomic mass is 9.86. The number of carbonyl (C=O) groups is 2. The first kappa shape index (κ1) is 22.5. The zero-order chi connectivity index (χ0) is 20.7. The number of alkyl halides is 2. The molecule has 1 N–H and O–H groups in total. The van der Waals surface area contributed by atoms with Gasteiger partial charge in [0.05, 0.1) is 0 Å². The third kappa shape index (κ3) is 7.00. The molecule has 1 aromatic heterocycles. The van der Waals surface area contributed by atoms with Gasteiger partial charge in [0.1, 0.15) is 0 Å². The van der Waals surface area contributed by atoms with Gasteiger partial charge >= 0.3 is 5.97 Å². The molecule has 0 spiro atoms. The minimum Gasteiger partial charge on any atom is -0.456 e. The molecule has 6 nitrogen and oxygen atoms in total. The number of hydrogen-bond acceptors (Lipinski definition) is 6. The zero-order valence-electron chi connectivity index (χ0n) is 16.5. The van der Waals surface area contributed by atoms with Gasteiger partial charge in [-0.1, -0.05) is 19.8 Å². The van der Waals surface area contributed by atoms with Gasteiger partial charge in [0.25, 0.3) is 11.7 Å². The van der Waals surface area contributed by atoms with E-state index in [1.54, 1.807) is 13.8 Å². The van der Waals surface area contributed by atoms with Crippen molar-refractivity contribution in [2.75, 3.05) is 6.61 Å². The summed E-state index contributed by atoms with van der Waals surface area (Å²) in [6.45, 7) is 5.22. The van der Waals surface area contributed by atoms with Crippen LogP contribution >= 0.6 is 11.8 Å². The van der Waals surface area contributed by atoms with Crippen molar-refractivity contribution in [2.24, 2.45) is 5.92 Å². The summed E-state index contributed by atoms with van der Waals surface area (Å²) >= 11 is 0.294. The number of halogens is 2. The average Bonchev–Trinajstić information content (AvgIpc) is 2.60. The second kappa shape index (κ2) is 10.7. The summed E-state index contributed by atoms with van der Waals surface area (Å²) in [6, 6.07) is 0.145. The van der Waals surface area contributed by atoms with Gasteiger partial charge in [-0.2, -0.15) is 8.78 Å². The van der Waals surface area contributed by atoms with Gasteiger partial charge in [-0.05, 0) is 56.4 Å². The highest BCUT2D eigenvalue weighted by Gasteiger charge is 2.23. The van der Waals surface area contributed by atoms with Crippen LogP contribution in [-0.2, 0) is 20.7 Å². The smallest absolute Gasteiger partial charge is 0.306 e. The Hall–Kier alpha value is -1.77. The molecule has 1 aliphatic carbocycles. The number of amides is 1. The highest BCUT2D eigenvalue weighted by Crippen LogP contribution is 2.25. The first-order valence-corrected chi connectivity index (χ1v) is 10.4. The Bertz CT molecular complexity index is 680. The summed E-state index contributed by atoms with van der Waals surface area (Å²) in [7, 11) is 0. The van der Waals surface area contributed by atoms with Crippen LogP contribution in [0.15, 0.2) is 5.16 Å². The third-order valence-electron chi connectivity index (χ3n) is 5.00. The van der Waals surface area contributed by atoms with E-state index >= 15 is 0 Å². The molecule has 0 saturated heterocycles. The maximum Gasteiger partial charge on any atom is 0.306 e. The van der Waals surface area contributed by atoms with Crippen LogP contribution in [0.4, 0.5) is 8.78 Å². The molecule has 1 aliphatic rings. The molecular formula is C19H27F2N3O3S. The van der Waals surface area contributed by atoms with Crippen molar-refractivity contribution < 1.29 is 23.1 Å². The third-order valence-corrected chi connectivity index (χ3v) is 5.57. The minimum absolute atomic E-state index is 0.0185. The number of aromatic nitrogens is 2. The number of ether oxygens (including phenoxy) is 1. The highest BCUT2D eigenvalue weighted by atomic mass is 32.2. The number of nitrogens with one attached hydrogen (secondary N) is 1. The maximum atomic E-state index is 12.4. The maximum absolute atomic E-state index is 12.4. The van der Waals surface area contributed by atoms with Gasteiger partial charge in [-0.15, -0.1) is 0 Å². The Labute approximate surface area is 168 Å². The van der Waals surface area contributed by atoms with E-state index in [1.807, 2.05) is 0 Å². The summed E-state index contributed by atoms with van der Waals surface area (Å²) in [5.74, 6) is -2.92. The molecule has 2 atom stereocenters. The van der Waals surface area contributed by atoms with Gasteiger partial charge in [0, 0.05) is 23.9 Å². The molecular weight excluding hydrogens is 388 g/mol. The molecule has 1 amide bonds. The Morgan fingerprint density at radius 3 is 2.46 bits per heavy atom. The van der Waals surface area contributed by atoms with Crippen LogP contribution in [-0.4, -0.2) is 40.3 Å². The molecule has 2 rings (SSSR count). The molecule has 156 valence electrons. The molecule has 1 fully saturated rings. The second-order valence-electron chi connectivity index (χ2n) is 7.13. The van der Waals surface area contributed by atoms with Gasteiger partial charge in [0.15, 0.2) is 11.8 Å².